The molecule has 0 aliphatic rings. The highest BCUT2D eigenvalue weighted by molar-refractivity contribution is 5.78. The van der Waals surface area contributed by atoms with Crippen LogP contribution in [0, 0.1) is 0 Å². The van der Waals surface area contributed by atoms with Gasteiger partial charge in [0.25, 0.3) is 0 Å². The number of nitrogens with one attached hydrogen (secondary N) is 2. The quantitative estimate of drug-likeness (QED) is 0.750. The highest BCUT2D eigenvalue weighted by Crippen LogP contribution is 2.24. The van der Waals surface area contributed by atoms with E-state index in [0.29, 0.717) is 5.92 Å². The fourth-order valence-corrected chi connectivity index (χ4v) is 1.71. The number of para-hydroxylation sites is 1. The molecule has 0 saturated heterocycles. The van der Waals surface area contributed by atoms with Crippen molar-refractivity contribution in [3.05, 3.63) is 34.2 Å². The van der Waals surface area contributed by atoms with E-state index in [-0.39, 0.29) is 5.69 Å². The van der Waals surface area contributed by atoms with Gasteiger partial charge in [0.05, 0.1) is 11.0 Å². The molecule has 74 valence electrons. The molecule has 1 heterocycles. The Morgan fingerprint density at radius 2 is 2.14 bits per heavy atom. The van der Waals surface area contributed by atoms with E-state index in [9.17, 15) is 4.79 Å². The van der Waals surface area contributed by atoms with Crippen LogP contribution in [0.4, 0.5) is 0 Å². The molecule has 1 aromatic heterocycles. The zero-order chi connectivity index (χ0) is 10.1. The monoisotopic (exact) mass is 190 g/mol. The molecular formula is C11H14N2O. The Labute approximate surface area is 82.2 Å². The van der Waals surface area contributed by atoms with E-state index >= 15 is 0 Å². The van der Waals surface area contributed by atoms with Gasteiger partial charge in [0.15, 0.2) is 0 Å². The molecule has 0 bridgehead atoms. The molecule has 2 rings (SSSR count). The Bertz CT molecular complexity index is 495. The first-order valence-electron chi connectivity index (χ1n) is 4.93. The van der Waals surface area contributed by atoms with Crippen LogP contribution in [0.1, 0.15) is 31.7 Å². The summed E-state index contributed by atoms with van der Waals surface area (Å²) in [5.41, 5.74) is 2.93. The number of aromatic nitrogens is 2. The summed E-state index contributed by atoms with van der Waals surface area (Å²) >= 11 is 0. The first-order chi connectivity index (χ1) is 6.72. The number of aromatic amines is 2. The van der Waals surface area contributed by atoms with Gasteiger partial charge in [0.1, 0.15) is 0 Å². The third-order valence-electron chi connectivity index (χ3n) is 2.73. The lowest BCUT2D eigenvalue weighted by Gasteiger charge is -2.09. The number of imidazole rings is 1. The van der Waals surface area contributed by atoms with Crippen LogP contribution >= 0.6 is 0 Å². The van der Waals surface area contributed by atoms with Crippen molar-refractivity contribution in [3.63, 3.8) is 0 Å². The number of benzene rings is 1. The predicted octanol–water partition coefficient (Wildman–Crippen LogP) is 2.37. The number of hydrogen-bond donors (Lipinski definition) is 2. The number of hydrogen-bond acceptors (Lipinski definition) is 1. The Morgan fingerprint density at radius 1 is 1.36 bits per heavy atom. The Hall–Kier alpha value is -1.51. The van der Waals surface area contributed by atoms with Crippen LogP contribution in [-0.4, -0.2) is 9.97 Å². The van der Waals surface area contributed by atoms with Gasteiger partial charge in [0, 0.05) is 0 Å². The molecule has 0 aliphatic carbocycles. The molecule has 1 unspecified atom stereocenters. The minimum atomic E-state index is -0.129. The van der Waals surface area contributed by atoms with Gasteiger partial charge in [-0.2, -0.15) is 0 Å². The summed E-state index contributed by atoms with van der Waals surface area (Å²) in [4.78, 5) is 16.7. The van der Waals surface area contributed by atoms with Gasteiger partial charge in [-0.1, -0.05) is 26.0 Å². The number of rotatable bonds is 2. The van der Waals surface area contributed by atoms with Gasteiger partial charge in [-0.15, -0.1) is 0 Å². The zero-order valence-corrected chi connectivity index (χ0v) is 8.42. The molecule has 0 aliphatic heterocycles. The molecule has 1 aromatic carbocycles. The van der Waals surface area contributed by atoms with Crippen molar-refractivity contribution < 1.29 is 0 Å². The Balaban J connectivity index is 2.70. The predicted molar refractivity (Wildman–Crippen MR) is 57.6 cm³/mol. The lowest BCUT2D eigenvalue weighted by atomic mass is 9.97. The standard InChI is InChI=1S/C11H14N2O/c1-3-7(2)8-5-4-6-9-10(8)13-11(14)12-9/h4-7H,3H2,1-2H3,(H2,12,13,14). The smallest absolute Gasteiger partial charge is 0.306 e. The second-order valence-corrected chi connectivity index (χ2v) is 3.66. The van der Waals surface area contributed by atoms with Crippen LogP contribution in [0.25, 0.3) is 11.0 Å². The van der Waals surface area contributed by atoms with Crippen molar-refractivity contribution in [2.24, 2.45) is 0 Å². The van der Waals surface area contributed by atoms with Crippen molar-refractivity contribution in [2.75, 3.05) is 0 Å². The maximum Gasteiger partial charge on any atom is 0.323 e. The van der Waals surface area contributed by atoms with E-state index in [1.165, 1.54) is 5.56 Å². The number of fused-ring (bicyclic) bond motifs is 1. The highest BCUT2D eigenvalue weighted by atomic mass is 16.1. The van der Waals surface area contributed by atoms with Gasteiger partial charge in [0.2, 0.25) is 0 Å². The molecule has 0 saturated carbocycles. The SMILES string of the molecule is CCC(C)c1cccc2[nH]c(=O)[nH]c12. The largest absolute Gasteiger partial charge is 0.323 e. The summed E-state index contributed by atoms with van der Waals surface area (Å²) in [6, 6.07) is 5.97. The summed E-state index contributed by atoms with van der Waals surface area (Å²) in [6.45, 7) is 4.31. The molecule has 14 heavy (non-hydrogen) atoms. The van der Waals surface area contributed by atoms with Crippen LogP contribution in [0.15, 0.2) is 23.0 Å². The van der Waals surface area contributed by atoms with E-state index in [1.807, 2.05) is 12.1 Å². The maximum absolute atomic E-state index is 11.1. The molecule has 0 amide bonds. The molecule has 0 spiro atoms. The third-order valence-corrected chi connectivity index (χ3v) is 2.73. The zero-order valence-electron chi connectivity index (χ0n) is 8.42. The summed E-state index contributed by atoms with van der Waals surface area (Å²) in [7, 11) is 0. The van der Waals surface area contributed by atoms with Crippen molar-refractivity contribution >= 4 is 11.0 Å². The van der Waals surface area contributed by atoms with Crippen molar-refractivity contribution in [2.45, 2.75) is 26.2 Å². The minimum Gasteiger partial charge on any atom is -0.306 e. The van der Waals surface area contributed by atoms with E-state index in [2.05, 4.69) is 29.9 Å². The molecule has 2 aromatic rings. The summed E-state index contributed by atoms with van der Waals surface area (Å²) in [6.07, 6.45) is 1.08. The van der Waals surface area contributed by atoms with Gasteiger partial charge in [-0.25, -0.2) is 4.79 Å². The van der Waals surface area contributed by atoms with Gasteiger partial charge in [-0.3, -0.25) is 0 Å². The second kappa shape index (κ2) is 3.33. The van der Waals surface area contributed by atoms with Gasteiger partial charge < -0.3 is 9.97 Å². The topological polar surface area (TPSA) is 48.6 Å². The molecular weight excluding hydrogens is 176 g/mol. The second-order valence-electron chi connectivity index (χ2n) is 3.66. The van der Waals surface area contributed by atoms with Gasteiger partial charge in [-0.05, 0) is 24.0 Å². The van der Waals surface area contributed by atoms with Gasteiger partial charge >= 0.3 is 5.69 Å². The van der Waals surface area contributed by atoms with Crippen LogP contribution in [0.2, 0.25) is 0 Å². The first-order valence-corrected chi connectivity index (χ1v) is 4.93. The van der Waals surface area contributed by atoms with Crippen molar-refractivity contribution in [1.29, 1.82) is 0 Å². The lowest BCUT2D eigenvalue weighted by Crippen LogP contribution is -2.00. The fourth-order valence-electron chi connectivity index (χ4n) is 1.71. The average molecular weight is 190 g/mol. The maximum atomic E-state index is 11.1. The molecule has 2 N–H and O–H groups in total. The molecule has 3 nitrogen and oxygen atoms in total. The summed E-state index contributed by atoms with van der Waals surface area (Å²) < 4.78 is 0. The third kappa shape index (κ3) is 1.35. The summed E-state index contributed by atoms with van der Waals surface area (Å²) in [5, 5.41) is 0. The van der Waals surface area contributed by atoms with Crippen molar-refractivity contribution in [1.82, 2.24) is 9.97 Å². The van der Waals surface area contributed by atoms with E-state index in [0.717, 1.165) is 17.5 Å². The summed E-state index contributed by atoms with van der Waals surface area (Å²) in [5.74, 6) is 0.477. The molecule has 0 radical (unpaired) electrons. The molecule has 1 atom stereocenters. The van der Waals surface area contributed by atoms with Crippen LogP contribution in [0.5, 0.6) is 0 Å². The lowest BCUT2D eigenvalue weighted by molar-refractivity contribution is 0.738. The highest BCUT2D eigenvalue weighted by Gasteiger charge is 2.08. The van der Waals surface area contributed by atoms with E-state index in [4.69, 9.17) is 0 Å². The minimum absolute atomic E-state index is 0.129. The van der Waals surface area contributed by atoms with E-state index < -0.39 is 0 Å². The van der Waals surface area contributed by atoms with Crippen LogP contribution < -0.4 is 5.69 Å². The van der Waals surface area contributed by atoms with Crippen LogP contribution in [-0.2, 0) is 0 Å². The van der Waals surface area contributed by atoms with Crippen LogP contribution in [0.3, 0.4) is 0 Å². The Kier molecular flexibility index (Phi) is 2.15. The number of H-pyrrole nitrogens is 2. The molecule has 0 fully saturated rings. The van der Waals surface area contributed by atoms with Crippen molar-refractivity contribution in [3.8, 4) is 0 Å². The fraction of sp³-hybridized carbons (Fsp3) is 0.364. The molecule has 3 heteroatoms. The Morgan fingerprint density at radius 3 is 2.86 bits per heavy atom. The first kappa shape index (κ1) is 9.06. The van der Waals surface area contributed by atoms with E-state index in [1.54, 1.807) is 0 Å². The normalized spacial score (nSPS) is 13.3. The average Bonchev–Trinajstić information content (AvgIpc) is 2.56.